The molecule has 0 spiro atoms. The highest BCUT2D eigenvalue weighted by Crippen LogP contribution is 1.32. The van der Waals surface area contributed by atoms with Crippen molar-refractivity contribution in [1.29, 1.82) is 0 Å². The van der Waals surface area contributed by atoms with Crippen molar-refractivity contribution in [2.24, 2.45) is 5.84 Å². The molecule has 6 heavy (non-hydrogen) atoms. The van der Waals surface area contributed by atoms with E-state index in [0.29, 0.717) is 0 Å². The summed E-state index contributed by atoms with van der Waals surface area (Å²) in [7, 11) is 0. The average Bonchev–Trinajstić information content (AvgIpc) is 1.61. The van der Waals surface area contributed by atoms with Gasteiger partial charge in [0.05, 0.1) is 0 Å². The first kappa shape index (κ1) is 5.76. The number of hydrogen-bond acceptors (Lipinski definition) is 6. The van der Waals surface area contributed by atoms with Crippen molar-refractivity contribution < 1.29 is 10.1 Å². The molecule has 0 saturated carbocycles. The van der Waals surface area contributed by atoms with Gasteiger partial charge in [0.15, 0.2) is 0 Å². The quantitative estimate of drug-likeness (QED) is 0.154. The number of rotatable bonds is 3. The van der Waals surface area contributed by atoms with Gasteiger partial charge in [-0.1, -0.05) is 5.59 Å². The molecular weight excluding hydrogens is 88.0 g/mol. The monoisotopic (exact) mass is 94.0 g/mol. The van der Waals surface area contributed by atoms with Crippen LogP contribution in [0.1, 0.15) is 0 Å². The van der Waals surface area contributed by atoms with Crippen molar-refractivity contribution in [3.63, 3.8) is 0 Å². The maximum Gasteiger partial charge on any atom is -0.0919 e. The highest BCUT2D eigenvalue weighted by molar-refractivity contribution is 3.71. The Hall–Kier alpha value is -0.240. The van der Waals surface area contributed by atoms with E-state index in [1.54, 1.807) is 11.2 Å². The fourth-order valence-corrected chi connectivity index (χ4v) is 0.0523. The van der Waals surface area contributed by atoms with E-state index in [4.69, 9.17) is 5.21 Å². The minimum Gasteiger partial charge on any atom is -0.300 e. The van der Waals surface area contributed by atoms with Gasteiger partial charge in [0.2, 0.25) is 0 Å². The lowest BCUT2D eigenvalue weighted by Crippen LogP contribution is -2.37. The van der Waals surface area contributed by atoms with Crippen LogP contribution < -0.4 is 22.6 Å². The molecule has 0 aromatic carbocycles. The molecule has 0 bridgehead atoms. The van der Waals surface area contributed by atoms with Gasteiger partial charge in [-0.15, -0.1) is 11.2 Å². The summed E-state index contributed by atoms with van der Waals surface area (Å²) in [5.41, 5.74) is 4.96. The highest BCUT2D eigenvalue weighted by atomic mass is 16.8. The second kappa shape index (κ2) is 4.76. The molecule has 0 aromatic heterocycles. The Labute approximate surface area is 34.1 Å². The van der Waals surface area contributed by atoms with E-state index in [1.807, 2.05) is 0 Å². The third kappa shape index (κ3) is 3.76. The largest absolute Gasteiger partial charge is 0.300 e. The van der Waals surface area contributed by atoms with E-state index in [0.717, 1.165) is 0 Å². The van der Waals surface area contributed by atoms with Crippen LogP contribution in [-0.2, 0) is 4.94 Å². The Morgan fingerprint density at radius 1 is 1.67 bits per heavy atom. The van der Waals surface area contributed by atoms with Crippen LogP contribution in [0.2, 0.25) is 0 Å². The summed E-state index contributed by atoms with van der Waals surface area (Å²) < 4.78 is 0. The van der Waals surface area contributed by atoms with Crippen LogP contribution in [-0.4, -0.2) is 5.21 Å². The normalized spacial score (nSPS) is 9.00. The molecule has 0 saturated heterocycles. The third-order valence-electron chi connectivity index (χ3n) is 0.156. The smallest absolute Gasteiger partial charge is 0.0919 e. The molecular formula is H6N4O2. The standard InChI is InChI=1S/H6N4O2/c1-2-6-4-3-5/h2-5H,1H2. The molecule has 0 heterocycles. The summed E-state index contributed by atoms with van der Waals surface area (Å²) in [5.74, 6) is 4.53. The summed E-state index contributed by atoms with van der Waals surface area (Å²) in [4.78, 5) is 3.90. The molecule has 6 heteroatoms. The number of nitrogens with two attached hydrogens (primary N) is 1. The molecule has 0 aliphatic rings. The van der Waals surface area contributed by atoms with Crippen molar-refractivity contribution in [2.75, 3.05) is 0 Å². The van der Waals surface area contributed by atoms with Gasteiger partial charge in [0.1, 0.15) is 0 Å². The topological polar surface area (TPSA) is 91.6 Å². The molecule has 0 amide bonds. The molecule has 38 valence electrons. The fourth-order valence-electron chi connectivity index (χ4n) is 0.0523. The van der Waals surface area contributed by atoms with Crippen LogP contribution in [0.3, 0.4) is 0 Å². The molecule has 0 fully saturated rings. The summed E-state index contributed by atoms with van der Waals surface area (Å²) in [6, 6.07) is 0. The Bertz CT molecular complexity index is 17.5. The molecule has 0 aromatic rings. The Morgan fingerprint density at radius 2 is 2.33 bits per heavy atom. The van der Waals surface area contributed by atoms with E-state index in [9.17, 15) is 0 Å². The van der Waals surface area contributed by atoms with Crippen molar-refractivity contribution in [3.8, 4) is 0 Å². The van der Waals surface area contributed by atoms with E-state index in [2.05, 4.69) is 10.8 Å². The van der Waals surface area contributed by atoms with E-state index < -0.39 is 0 Å². The van der Waals surface area contributed by atoms with Crippen molar-refractivity contribution in [3.05, 3.63) is 0 Å². The Morgan fingerprint density at radius 3 is 2.50 bits per heavy atom. The first-order chi connectivity index (χ1) is 2.91. The molecule has 0 rings (SSSR count). The predicted molar refractivity (Wildman–Crippen MR) is 16.5 cm³/mol. The van der Waals surface area contributed by atoms with Gasteiger partial charge >= 0.3 is 0 Å². The molecule has 0 aliphatic carbocycles. The number of nitrogens with one attached hydrogen (secondary N) is 3. The highest BCUT2D eigenvalue weighted by Gasteiger charge is 1.66. The number of hydrogen-bond donors (Lipinski definition) is 5. The lowest BCUT2D eigenvalue weighted by Gasteiger charge is -1.95. The molecule has 0 atom stereocenters. The van der Waals surface area contributed by atoms with Crippen LogP contribution in [0.25, 0.3) is 0 Å². The predicted octanol–water partition coefficient (Wildman–Crippen LogP) is -2.22. The van der Waals surface area contributed by atoms with Gasteiger partial charge in [-0.25, -0.2) is 5.84 Å². The average molecular weight is 94.1 g/mol. The van der Waals surface area contributed by atoms with Gasteiger partial charge in [-0.05, 0) is 0 Å². The summed E-state index contributed by atoms with van der Waals surface area (Å²) in [5, 5.41) is 7.62. The summed E-state index contributed by atoms with van der Waals surface area (Å²) >= 11 is 0. The zero-order valence-corrected chi connectivity index (χ0v) is 2.93. The van der Waals surface area contributed by atoms with Crippen molar-refractivity contribution in [1.82, 2.24) is 16.8 Å². The van der Waals surface area contributed by atoms with Gasteiger partial charge in [-0.2, -0.15) is 4.94 Å². The first-order valence-electron chi connectivity index (χ1n) is 1.17. The molecule has 6 nitrogen and oxygen atoms in total. The second-order valence-electron chi connectivity index (χ2n) is 0.434. The fraction of sp³-hybridized carbons (Fsp3) is 0. The molecule has 0 unspecified atom stereocenters. The second-order valence-corrected chi connectivity index (χ2v) is 0.434. The Kier molecular flexibility index (Phi) is 4.57. The van der Waals surface area contributed by atoms with E-state index in [-0.39, 0.29) is 0 Å². The minimum absolute atomic E-state index is 1.45. The van der Waals surface area contributed by atoms with E-state index >= 15 is 0 Å². The lowest BCUT2D eigenvalue weighted by atomic mass is 12.6. The maximum absolute atomic E-state index is 7.62. The van der Waals surface area contributed by atoms with E-state index in [1.165, 1.54) is 5.59 Å². The molecule has 6 N–H and O–H groups in total. The SMILES string of the molecule is NNONNO. The van der Waals surface area contributed by atoms with Crippen molar-refractivity contribution in [2.45, 2.75) is 0 Å². The van der Waals surface area contributed by atoms with Gasteiger partial charge in [0.25, 0.3) is 0 Å². The number of hydrazine groups is 2. The Balaban J connectivity index is 2.34. The van der Waals surface area contributed by atoms with Crippen LogP contribution in [0, 0.1) is 0 Å². The van der Waals surface area contributed by atoms with Gasteiger partial charge in [0, 0.05) is 0 Å². The van der Waals surface area contributed by atoms with Crippen molar-refractivity contribution >= 4 is 0 Å². The third-order valence-corrected chi connectivity index (χ3v) is 0.156. The van der Waals surface area contributed by atoms with Crippen LogP contribution in [0.5, 0.6) is 0 Å². The van der Waals surface area contributed by atoms with Gasteiger partial charge < -0.3 is 0 Å². The van der Waals surface area contributed by atoms with Crippen LogP contribution in [0.15, 0.2) is 0 Å². The summed E-state index contributed by atoms with van der Waals surface area (Å²) in [6.07, 6.45) is 0. The minimum atomic E-state index is 1.45. The van der Waals surface area contributed by atoms with Crippen LogP contribution >= 0.6 is 0 Å². The maximum atomic E-state index is 7.62. The molecule has 0 aliphatic heterocycles. The van der Waals surface area contributed by atoms with Gasteiger partial charge in [-0.3, -0.25) is 5.21 Å². The van der Waals surface area contributed by atoms with Crippen LogP contribution in [0.4, 0.5) is 0 Å². The lowest BCUT2D eigenvalue weighted by molar-refractivity contribution is -0.121. The zero-order chi connectivity index (χ0) is 4.83. The zero-order valence-electron chi connectivity index (χ0n) is 2.93. The molecule has 0 radical (unpaired) electrons. The summed E-state index contributed by atoms with van der Waals surface area (Å²) in [6.45, 7) is 0. The first-order valence-corrected chi connectivity index (χ1v) is 1.17.